The summed E-state index contributed by atoms with van der Waals surface area (Å²) in [6, 6.07) is 9.67. The predicted molar refractivity (Wildman–Crippen MR) is 61.9 cm³/mol. The molecule has 0 amide bonds. The number of ketones is 1. The van der Waals surface area contributed by atoms with Crippen LogP contribution in [0.3, 0.4) is 0 Å². The molecule has 1 aromatic carbocycles. The van der Waals surface area contributed by atoms with Gasteiger partial charge in [-0.15, -0.1) is 0 Å². The van der Waals surface area contributed by atoms with Gasteiger partial charge in [-0.25, -0.2) is 0 Å². The summed E-state index contributed by atoms with van der Waals surface area (Å²) >= 11 is 0. The number of hydrogen-bond acceptors (Lipinski definition) is 1. The van der Waals surface area contributed by atoms with E-state index >= 15 is 0 Å². The second-order valence-electron chi connectivity index (χ2n) is 5.53. The van der Waals surface area contributed by atoms with Crippen LogP contribution in [-0.2, 0) is 0 Å². The molecule has 1 saturated carbocycles. The molecule has 1 aromatic rings. The standard InChI is InChI=1S/C14H18O/c1-13(2,3)14(9-10-14)12(15)11-7-5-4-6-8-11/h4-8H,9-10H2,1-3H3. The van der Waals surface area contributed by atoms with Crippen molar-refractivity contribution in [3.05, 3.63) is 35.9 Å². The molecule has 1 fully saturated rings. The van der Waals surface area contributed by atoms with Crippen LogP contribution in [0, 0.1) is 10.8 Å². The minimum absolute atomic E-state index is 0.0833. The Kier molecular flexibility index (Phi) is 2.22. The molecule has 1 aliphatic carbocycles. The first-order chi connectivity index (χ1) is 6.97. The van der Waals surface area contributed by atoms with Gasteiger partial charge in [0.05, 0.1) is 0 Å². The normalized spacial score (nSPS) is 18.6. The number of carbonyl (C=O) groups is 1. The molecule has 0 atom stereocenters. The van der Waals surface area contributed by atoms with Crippen LogP contribution < -0.4 is 0 Å². The van der Waals surface area contributed by atoms with E-state index in [9.17, 15) is 4.79 Å². The maximum Gasteiger partial charge on any atom is 0.169 e. The number of rotatable bonds is 2. The third-order valence-electron chi connectivity index (χ3n) is 3.66. The summed E-state index contributed by atoms with van der Waals surface area (Å²) < 4.78 is 0. The van der Waals surface area contributed by atoms with Gasteiger partial charge in [0.2, 0.25) is 0 Å². The summed E-state index contributed by atoms with van der Waals surface area (Å²) in [7, 11) is 0. The minimum Gasteiger partial charge on any atom is -0.294 e. The van der Waals surface area contributed by atoms with Crippen LogP contribution in [0.4, 0.5) is 0 Å². The fraction of sp³-hybridized carbons (Fsp3) is 0.500. The molecule has 0 aromatic heterocycles. The molecular formula is C14H18O. The Morgan fingerprint density at radius 1 is 1.13 bits per heavy atom. The third kappa shape index (κ3) is 1.60. The SMILES string of the molecule is CC(C)(C)C1(C(=O)c2ccccc2)CC1. The Morgan fingerprint density at radius 2 is 1.67 bits per heavy atom. The summed E-state index contributed by atoms with van der Waals surface area (Å²) in [6.45, 7) is 6.50. The van der Waals surface area contributed by atoms with Crippen molar-refractivity contribution < 1.29 is 4.79 Å². The van der Waals surface area contributed by atoms with Gasteiger partial charge >= 0.3 is 0 Å². The first-order valence-electron chi connectivity index (χ1n) is 5.57. The predicted octanol–water partition coefficient (Wildman–Crippen LogP) is 3.70. The molecule has 0 heterocycles. The second-order valence-corrected chi connectivity index (χ2v) is 5.53. The quantitative estimate of drug-likeness (QED) is 0.668. The monoisotopic (exact) mass is 202 g/mol. The molecule has 0 spiro atoms. The number of hydrogen-bond donors (Lipinski definition) is 0. The summed E-state index contributed by atoms with van der Waals surface area (Å²) in [5.41, 5.74) is 0.860. The zero-order valence-corrected chi connectivity index (χ0v) is 9.71. The van der Waals surface area contributed by atoms with E-state index in [2.05, 4.69) is 20.8 Å². The minimum atomic E-state index is -0.0889. The maximum absolute atomic E-state index is 12.4. The van der Waals surface area contributed by atoms with Crippen molar-refractivity contribution in [1.29, 1.82) is 0 Å². The van der Waals surface area contributed by atoms with Gasteiger partial charge in [-0.2, -0.15) is 0 Å². The van der Waals surface area contributed by atoms with Crippen LogP contribution in [0.25, 0.3) is 0 Å². The van der Waals surface area contributed by atoms with Gasteiger partial charge in [-0.05, 0) is 18.3 Å². The highest BCUT2D eigenvalue weighted by molar-refractivity contribution is 6.02. The van der Waals surface area contributed by atoms with E-state index in [0.717, 1.165) is 18.4 Å². The molecule has 0 aliphatic heterocycles. The van der Waals surface area contributed by atoms with Crippen molar-refractivity contribution in [2.24, 2.45) is 10.8 Å². The smallest absolute Gasteiger partial charge is 0.169 e. The zero-order chi connectivity index (χ0) is 11.1. The number of benzene rings is 1. The fourth-order valence-electron chi connectivity index (χ4n) is 2.31. The van der Waals surface area contributed by atoms with E-state index in [0.29, 0.717) is 5.78 Å². The summed E-state index contributed by atoms with van der Waals surface area (Å²) in [4.78, 5) is 12.4. The maximum atomic E-state index is 12.4. The van der Waals surface area contributed by atoms with Crippen molar-refractivity contribution in [1.82, 2.24) is 0 Å². The van der Waals surface area contributed by atoms with Crippen LogP contribution in [-0.4, -0.2) is 5.78 Å². The van der Waals surface area contributed by atoms with Crippen LogP contribution in [0.15, 0.2) is 30.3 Å². The lowest BCUT2D eigenvalue weighted by molar-refractivity contribution is 0.0774. The van der Waals surface area contributed by atoms with E-state index in [-0.39, 0.29) is 10.8 Å². The number of Topliss-reactive ketones (excluding diaryl/α,β-unsaturated/α-hetero) is 1. The highest BCUT2D eigenvalue weighted by Crippen LogP contribution is 2.60. The van der Waals surface area contributed by atoms with E-state index in [1.54, 1.807) is 0 Å². The fourth-order valence-corrected chi connectivity index (χ4v) is 2.31. The zero-order valence-electron chi connectivity index (χ0n) is 9.71. The molecular weight excluding hydrogens is 184 g/mol. The molecule has 2 rings (SSSR count). The Bertz CT molecular complexity index is 366. The molecule has 0 radical (unpaired) electrons. The Morgan fingerprint density at radius 3 is 2.07 bits per heavy atom. The highest BCUT2D eigenvalue weighted by atomic mass is 16.1. The van der Waals surface area contributed by atoms with Gasteiger partial charge in [-0.3, -0.25) is 4.79 Å². The molecule has 0 N–H and O–H groups in total. The van der Waals surface area contributed by atoms with Gasteiger partial charge in [-0.1, -0.05) is 51.1 Å². The Balaban J connectivity index is 2.31. The Labute approximate surface area is 91.5 Å². The first kappa shape index (κ1) is 10.4. The molecule has 0 bridgehead atoms. The average molecular weight is 202 g/mol. The molecule has 1 nitrogen and oxygen atoms in total. The Hall–Kier alpha value is -1.11. The van der Waals surface area contributed by atoms with Crippen LogP contribution in [0.5, 0.6) is 0 Å². The van der Waals surface area contributed by atoms with Crippen molar-refractivity contribution in [3.8, 4) is 0 Å². The lowest BCUT2D eigenvalue weighted by Gasteiger charge is -2.29. The van der Waals surface area contributed by atoms with E-state index in [4.69, 9.17) is 0 Å². The van der Waals surface area contributed by atoms with E-state index in [1.165, 1.54) is 0 Å². The highest BCUT2D eigenvalue weighted by Gasteiger charge is 2.57. The molecule has 80 valence electrons. The number of carbonyl (C=O) groups excluding carboxylic acids is 1. The van der Waals surface area contributed by atoms with Crippen molar-refractivity contribution in [2.45, 2.75) is 33.6 Å². The van der Waals surface area contributed by atoms with Gasteiger partial charge in [0.1, 0.15) is 0 Å². The van der Waals surface area contributed by atoms with Crippen LogP contribution >= 0.6 is 0 Å². The second kappa shape index (κ2) is 3.19. The van der Waals surface area contributed by atoms with Gasteiger partial charge < -0.3 is 0 Å². The lowest BCUT2D eigenvalue weighted by atomic mass is 9.73. The topological polar surface area (TPSA) is 17.1 Å². The molecule has 0 unspecified atom stereocenters. The molecule has 1 heteroatoms. The first-order valence-corrected chi connectivity index (χ1v) is 5.57. The van der Waals surface area contributed by atoms with Gasteiger partial charge in [0.15, 0.2) is 5.78 Å². The largest absolute Gasteiger partial charge is 0.294 e. The van der Waals surface area contributed by atoms with Gasteiger partial charge in [0.25, 0.3) is 0 Å². The van der Waals surface area contributed by atoms with Crippen molar-refractivity contribution >= 4 is 5.78 Å². The van der Waals surface area contributed by atoms with Crippen molar-refractivity contribution in [2.75, 3.05) is 0 Å². The van der Waals surface area contributed by atoms with Crippen molar-refractivity contribution in [3.63, 3.8) is 0 Å². The van der Waals surface area contributed by atoms with Crippen LogP contribution in [0.2, 0.25) is 0 Å². The van der Waals surface area contributed by atoms with E-state index in [1.807, 2.05) is 30.3 Å². The summed E-state index contributed by atoms with van der Waals surface area (Å²) in [5.74, 6) is 0.329. The van der Waals surface area contributed by atoms with E-state index < -0.39 is 0 Å². The summed E-state index contributed by atoms with van der Waals surface area (Å²) in [6.07, 6.45) is 2.09. The average Bonchev–Trinajstić information content (AvgIpc) is 2.98. The molecule has 1 aliphatic rings. The molecule has 0 saturated heterocycles. The summed E-state index contributed by atoms with van der Waals surface area (Å²) in [5, 5.41) is 0. The van der Waals surface area contributed by atoms with Crippen LogP contribution in [0.1, 0.15) is 44.0 Å². The molecule has 15 heavy (non-hydrogen) atoms. The third-order valence-corrected chi connectivity index (χ3v) is 3.66. The van der Waals surface area contributed by atoms with Gasteiger partial charge in [0, 0.05) is 11.0 Å². The lowest BCUT2D eigenvalue weighted by Crippen LogP contribution is -2.30.